The number of benzene rings is 2. The lowest BCUT2D eigenvalue weighted by atomic mass is 10.0. The van der Waals surface area contributed by atoms with Gasteiger partial charge in [0, 0.05) is 37.0 Å². The summed E-state index contributed by atoms with van der Waals surface area (Å²) in [4.78, 5) is 2.28. The molecule has 4 rings (SSSR count). The molecule has 4 heteroatoms. The van der Waals surface area contributed by atoms with Gasteiger partial charge in [-0.25, -0.2) is 0 Å². The molecule has 0 radical (unpaired) electrons. The monoisotopic (exact) mass is 337 g/mol. The Morgan fingerprint density at radius 1 is 1.04 bits per heavy atom. The van der Waals surface area contributed by atoms with Crippen molar-refractivity contribution in [2.45, 2.75) is 31.9 Å². The van der Waals surface area contributed by atoms with Crippen LogP contribution in [-0.4, -0.2) is 34.3 Å². The molecular weight excluding hydrogens is 314 g/mol. The van der Waals surface area contributed by atoms with Crippen LogP contribution >= 0.6 is 0 Å². The Hall–Kier alpha value is -2.30. The Balaban J connectivity index is 1.61. The number of piperidine rings is 1. The molecule has 0 spiro atoms. The molecule has 2 heterocycles. The van der Waals surface area contributed by atoms with E-state index < -0.39 is 0 Å². The minimum absolute atomic E-state index is 0.188. The summed E-state index contributed by atoms with van der Waals surface area (Å²) in [6.45, 7) is 2.39. The molecule has 25 heavy (non-hydrogen) atoms. The van der Waals surface area contributed by atoms with E-state index in [1.165, 1.54) is 5.56 Å². The largest absolute Gasteiger partial charge is 0.508 e. The number of hydrogen-bond acceptors (Lipinski definition) is 4. The highest BCUT2D eigenvalue weighted by molar-refractivity contribution is 5.84. The normalized spacial score (nSPS) is 16.5. The van der Waals surface area contributed by atoms with E-state index in [4.69, 9.17) is 4.42 Å². The van der Waals surface area contributed by atoms with Crippen LogP contribution in [0.25, 0.3) is 11.0 Å². The number of phenolic OH excluding ortho intramolecular Hbond substituents is 1. The molecule has 4 nitrogen and oxygen atoms in total. The molecule has 2 N–H and O–H groups in total. The van der Waals surface area contributed by atoms with Gasteiger partial charge in [-0.3, -0.25) is 4.90 Å². The summed E-state index contributed by atoms with van der Waals surface area (Å²) < 4.78 is 6.00. The van der Waals surface area contributed by atoms with Crippen LogP contribution in [0.3, 0.4) is 0 Å². The van der Waals surface area contributed by atoms with Gasteiger partial charge in [-0.15, -0.1) is 0 Å². The first kappa shape index (κ1) is 16.2. The molecular formula is C21H23NO3. The maximum Gasteiger partial charge on any atom is 0.134 e. The fourth-order valence-electron chi connectivity index (χ4n) is 3.56. The summed E-state index contributed by atoms with van der Waals surface area (Å²) in [6, 6.07) is 15.8. The summed E-state index contributed by atoms with van der Waals surface area (Å²) in [5.41, 5.74) is 2.94. The number of nitrogens with zero attached hydrogens (tertiary/aromatic N) is 1. The van der Waals surface area contributed by atoms with E-state index >= 15 is 0 Å². The number of fused-ring (bicyclic) bond motifs is 1. The average molecular weight is 337 g/mol. The zero-order chi connectivity index (χ0) is 17.2. The van der Waals surface area contributed by atoms with Gasteiger partial charge in [0.1, 0.15) is 17.1 Å². The third kappa shape index (κ3) is 3.55. The van der Waals surface area contributed by atoms with Crippen LogP contribution in [0.4, 0.5) is 0 Å². The van der Waals surface area contributed by atoms with Crippen molar-refractivity contribution >= 4 is 11.0 Å². The van der Waals surface area contributed by atoms with E-state index in [0.29, 0.717) is 12.3 Å². The van der Waals surface area contributed by atoms with Gasteiger partial charge in [-0.1, -0.05) is 30.3 Å². The number of hydrogen-bond donors (Lipinski definition) is 2. The summed E-state index contributed by atoms with van der Waals surface area (Å²) in [7, 11) is 0. The summed E-state index contributed by atoms with van der Waals surface area (Å²) in [6.07, 6.45) is 2.14. The SMILES string of the molecule is Oc1ccc2oc(Cc3ccccc3)cc2c1CN1CCC(O)CC1. The molecule has 0 aliphatic carbocycles. The van der Waals surface area contributed by atoms with Gasteiger partial charge in [0.05, 0.1) is 6.10 Å². The number of aliphatic hydroxyl groups excluding tert-OH is 1. The molecule has 1 aromatic heterocycles. The van der Waals surface area contributed by atoms with E-state index in [1.807, 2.05) is 24.3 Å². The maximum atomic E-state index is 10.4. The lowest BCUT2D eigenvalue weighted by Gasteiger charge is -2.29. The first-order valence-corrected chi connectivity index (χ1v) is 8.86. The fourth-order valence-corrected chi connectivity index (χ4v) is 3.56. The van der Waals surface area contributed by atoms with Gasteiger partial charge in [0.25, 0.3) is 0 Å². The first-order chi connectivity index (χ1) is 12.2. The van der Waals surface area contributed by atoms with Gasteiger partial charge in [0.15, 0.2) is 0 Å². The molecule has 1 aliphatic heterocycles. The van der Waals surface area contributed by atoms with Crippen LogP contribution < -0.4 is 0 Å². The van der Waals surface area contributed by atoms with Gasteiger partial charge >= 0.3 is 0 Å². The Labute approximate surface area is 147 Å². The number of furan rings is 1. The van der Waals surface area contributed by atoms with Gasteiger partial charge in [-0.05, 0) is 36.6 Å². The zero-order valence-electron chi connectivity index (χ0n) is 14.2. The van der Waals surface area contributed by atoms with Crippen molar-refractivity contribution in [3.05, 3.63) is 65.4 Å². The number of aliphatic hydroxyl groups is 1. The third-order valence-electron chi connectivity index (χ3n) is 5.00. The van der Waals surface area contributed by atoms with E-state index in [1.54, 1.807) is 6.07 Å². The molecule has 1 aliphatic rings. The van der Waals surface area contributed by atoms with Gasteiger partial charge < -0.3 is 14.6 Å². The second-order valence-electron chi connectivity index (χ2n) is 6.86. The fraction of sp³-hybridized carbons (Fsp3) is 0.333. The summed E-state index contributed by atoms with van der Waals surface area (Å²) >= 11 is 0. The van der Waals surface area contributed by atoms with E-state index in [9.17, 15) is 10.2 Å². The number of rotatable bonds is 4. The molecule has 0 unspecified atom stereocenters. The van der Waals surface area contributed by atoms with Crippen LogP contribution in [0, 0.1) is 0 Å². The topological polar surface area (TPSA) is 56.8 Å². The molecule has 2 aromatic carbocycles. The van der Waals surface area contributed by atoms with Crippen LogP contribution in [0.5, 0.6) is 5.75 Å². The third-order valence-corrected chi connectivity index (χ3v) is 5.00. The van der Waals surface area contributed by atoms with Crippen LogP contribution in [0.1, 0.15) is 29.7 Å². The number of aromatic hydroxyl groups is 1. The highest BCUT2D eigenvalue weighted by atomic mass is 16.3. The standard InChI is InChI=1S/C21H23NO3/c23-16-8-10-22(11-9-16)14-19-18-13-17(12-15-4-2-1-3-5-15)25-21(18)7-6-20(19)24/h1-7,13,16,23-24H,8-12,14H2. The second-order valence-corrected chi connectivity index (χ2v) is 6.86. The highest BCUT2D eigenvalue weighted by Gasteiger charge is 2.20. The van der Waals surface area contributed by atoms with Crippen molar-refractivity contribution in [1.82, 2.24) is 4.90 Å². The Bertz CT molecular complexity index is 848. The van der Waals surface area contributed by atoms with Crippen LogP contribution in [0.15, 0.2) is 52.9 Å². The van der Waals surface area contributed by atoms with Crippen molar-refractivity contribution in [3.8, 4) is 5.75 Å². The molecule has 0 amide bonds. The summed E-state index contributed by atoms with van der Waals surface area (Å²) in [5, 5.41) is 21.0. The minimum Gasteiger partial charge on any atom is -0.508 e. The Morgan fingerprint density at radius 2 is 1.80 bits per heavy atom. The molecule has 1 saturated heterocycles. The zero-order valence-corrected chi connectivity index (χ0v) is 14.2. The molecule has 0 bridgehead atoms. The minimum atomic E-state index is -0.188. The van der Waals surface area contributed by atoms with Crippen molar-refractivity contribution < 1.29 is 14.6 Å². The molecule has 0 saturated carbocycles. The second kappa shape index (κ2) is 6.90. The predicted molar refractivity (Wildman–Crippen MR) is 97.6 cm³/mol. The van der Waals surface area contributed by atoms with Crippen LogP contribution in [-0.2, 0) is 13.0 Å². The predicted octanol–water partition coefficient (Wildman–Crippen LogP) is 3.69. The number of phenols is 1. The van der Waals surface area contributed by atoms with E-state index in [0.717, 1.165) is 54.6 Å². The van der Waals surface area contributed by atoms with Crippen molar-refractivity contribution in [2.75, 3.05) is 13.1 Å². The lowest BCUT2D eigenvalue weighted by molar-refractivity contribution is 0.0791. The van der Waals surface area contributed by atoms with E-state index in [-0.39, 0.29) is 6.10 Å². The van der Waals surface area contributed by atoms with Crippen molar-refractivity contribution in [3.63, 3.8) is 0 Å². The molecule has 3 aromatic rings. The average Bonchev–Trinajstić information content (AvgIpc) is 3.03. The first-order valence-electron chi connectivity index (χ1n) is 8.86. The molecule has 1 fully saturated rings. The smallest absolute Gasteiger partial charge is 0.134 e. The summed E-state index contributed by atoms with van der Waals surface area (Å²) in [5.74, 6) is 1.22. The molecule has 130 valence electrons. The van der Waals surface area contributed by atoms with Crippen molar-refractivity contribution in [2.24, 2.45) is 0 Å². The quantitative estimate of drug-likeness (QED) is 0.762. The lowest BCUT2D eigenvalue weighted by Crippen LogP contribution is -2.35. The van der Waals surface area contributed by atoms with Crippen LogP contribution in [0.2, 0.25) is 0 Å². The van der Waals surface area contributed by atoms with E-state index in [2.05, 4.69) is 23.1 Å². The Kier molecular flexibility index (Phi) is 4.47. The maximum absolute atomic E-state index is 10.4. The Morgan fingerprint density at radius 3 is 2.56 bits per heavy atom. The highest BCUT2D eigenvalue weighted by Crippen LogP contribution is 2.32. The van der Waals surface area contributed by atoms with Crippen molar-refractivity contribution in [1.29, 1.82) is 0 Å². The number of likely N-dealkylation sites (tertiary alicyclic amines) is 1. The van der Waals surface area contributed by atoms with Gasteiger partial charge in [0.2, 0.25) is 0 Å². The molecule has 0 atom stereocenters. The van der Waals surface area contributed by atoms with Gasteiger partial charge in [-0.2, -0.15) is 0 Å².